The SMILES string of the molecule is CC1Cc2ccccc2N1S(=O)(=O)c1cccc(C(=O)NCCN)c1. The van der Waals surface area contributed by atoms with Crippen molar-refractivity contribution in [3.05, 3.63) is 59.7 Å². The monoisotopic (exact) mass is 359 g/mol. The van der Waals surface area contributed by atoms with Crippen LogP contribution in [-0.4, -0.2) is 33.5 Å². The second kappa shape index (κ2) is 6.85. The number of nitrogens with one attached hydrogen (secondary N) is 1. The maximum atomic E-state index is 13.2. The third-order valence-corrected chi connectivity index (χ3v) is 6.15. The lowest BCUT2D eigenvalue weighted by molar-refractivity contribution is 0.0954. The minimum absolute atomic E-state index is 0.108. The molecule has 2 aromatic carbocycles. The van der Waals surface area contributed by atoms with E-state index < -0.39 is 10.0 Å². The van der Waals surface area contributed by atoms with Crippen LogP contribution in [-0.2, 0) is 16.4 Å². The van der Waals surface area contributed by atoms with Crippen molar-refractivity contribution in [3.8, 4) is 0 Å². The molecule has 1 amide bonds. The van der Waals surface area contributed by atoms with Crippen LogP contribution in [0.5, 0.6) is 0 Å². The zero-order valence-corrected chi connectivity index (χ0v) is 14.8. The number of rotatable bonds is 5. The van der Waals surface area contributed by atoms with Gasteiger partial charge in [-0.2, -0.15) is 0 Å². The van der Waals surface area contributed by atoms with E-state index in [9.17, 15) is 13.2 Å². The highest BCUT2D eigenvalue weighted by Gasteiger charge is 2.35. The normalized spacial score (nSPS) is 16.6. The standard InChI is InChI=1S/C18H21N3O3S/c1-13-11-14-5-2-3-8-17(14)21(13)25(23,24)16-7-4-6-15(12-16)18(22)20-10-9-19/h2-8,12-13H,9-11,19H2,1H3,(H,20,22). The summed E-state index contributed by atoms with van der Waals surface area (Å²) in [5.74, 6) is -0.336. The van der Waals surface area contributed by atoms with Crippen molar-refractivity contribution >= 4 is 21.6 Å². The van der Waals surface area contributed by atoms with Crippen LogP contribution in [0.25, 0.3) is 0 Å². The number of hydrogen-bond donors (Lipinski definition) is 2. The number of sulfonamides is 1. The van der Waals surface area contributed by atoms with Crippen molar-refractivity contribution < 1.29 is 13.2 Å². The van der Waals surface area contributed by atoms with Crippen LogP contribution >= 0.6 is 0 Å². The molecule has 3 rings (SSSR count). The van der Waals surface area contributed by atoms with Crippen LogP contribution in [0.1, 0.15) is 22.8 Å². The van der Waals surface area contributed by atoms with Crippen LogP contribution in [0.4, 0.5) is 5.69 Å². The molecule has 1 aliphatic heterocycles. The van der Waals surface area contributed by atoms with Crippen molar-refractivity contribution in [2.24, 2.45) is 5.73 Å². The maximum Gasteiger partial charge on any atom is 0.264 e. The van der Waals surface area contributed by atoms with Crippen LogP contribution in [0.2, 0.25) is 0 Å². The summed E-state index contributed by atoms with van der Waals surface area (Å²) in [4.78, 5) is 12.2. The van der Waals surface area contributed by atoms with E-state index >= 15 is 0 Å². The molecular weight excluding hydrogens is 338 g/mol. The summed E-state index contributed by atoms with van der Waals surface area (Å²) in [6, 6.07) is 13.4. The molecule has 2 aromatic rings. The first-order chi connectivity index (χ1) is 11.9. The van der Waals surface area contributed by atoms with Gasteiger partial charge in [0.2, 0.25) is 0 Å². The molecule has 0 spiro atoms. The minimum Gasteiger partial charge on any atom is -0.351 e. The lowest BCUT2D eigenvalue weighted by Gasteiger charge is -2.24. The molecule has 0 fully saturated rings. The summed E-state index contributed by atoms with van der Waals surface area (Å²) in [7, 11) is -3.75. The third kappa shape index (κ3) is 3.25. The lowest BCUT2D eigenvalue weighted by Crippen LogP contribution is -2.36. The van der Waals surface area contributed by atoms with Crippen molar-refractivity contribution in [2.45, 2.75) is 24.3 Å². The maximum absolute atomic E-state index is 13.2. The number of nitrogens with two attached hydrogens (primary N) is 1. The molecular formula is C18H21N3O3S. The smallest absolute Gasteiger partial charge is 0.264 e. The molecule has 0 bridgehead atoms. The summed E-state index contributed by atoms with van der Waals surface area (Å²) in [5, 5.41) is 2.65. The molecule has 1 heterocycles. The Morgan fingerprint density at radius 1 is 1.24 bits per heavy atom. The van der Waals surface area contributed by atoms with Crippen LogP contribution in [0.3, 0.4) is 0 Å². The van der Waals surface area contributed by atoms with Gasteiger partial charge in [-0.3, -0.25) is 9.10 Å². The van der Waals surface area contributed by atoms with Crippen molar-refractivity contribution in [1.29, 1.82) is 0 Å². The first kappa shape index (κ1) is 17.4. The Morgan fingerprint density at radius 2 is 2.00 bits per heavy atom. The molecule has 1 unspecified atom stereocenters. The number of carbonyl (C=O) groups excluding carboxylic acids is 1. The van der Waals surface area contributed by atoms with Gasteiger partial charge in [0, 0.05) is 24.7 Å². The van der Waals surface area contributed by atoms with Crippen molar-refractivity contribution in [2.75, 3.05) is 17.4 Å². The van der Waals surface area contributed by atoms with Gasteiger partial charge < -0.3 is 11.1 Å². The zero-order chi connectivity index (χ0) is 18.0. The molecule has 1 atom stereocenters. The first-order valence-corrected chi connectivity index (χ1v) is 9.60. The fourth-order valence-electron chi connectivity index (χ4n) is 3.10. The van der Waals surface area contributed by atoms with E-state index in [4.69, 9.17) is 5.73 Å². The van der Waals surface area contributed by atoms with E-state index in [1.54, 1.807) is 12.1 Å². The van der Waals surface area contributed by atoms with Gasteiger partial charge in [-0.15, -0.1) is 0 Å². The molecule has 132 valence electrons. The molecule has 25 heavy (non-hydrogen) atoms. The van der Waals surface area contributed by atoms with E-state index in [0.717, 1.165) is 5.56 Å². The van der Waals surface area contributed by atoms with E-state index in [1.807, 2.05) is 31.2 Å². The molecule has 0 aromatic heterocycles. The predicted molar refractivity (Wildman–Crippen MR) is 97.1 cm³/mol. The summed E-state index contributed by atoms with van der Waals surface area (Å²) in [6.45, 7) is 2.55. The molecule has 0 saturated heterocycles. The van der Waals surface area contributed by atoms with Crippen LogP contribution in [0.15, 0.2) is 53.4 Å². The van der Waals surface area contributed by atoms with Gasteiger partial charge in [0.1, 0.15) is 0 Å². The predicted octanol–water partition coefficient (Wildman–Crippen LogP) is 1.51. The Kier molecular flexibility index (Phi) is 4.78. The van der Waals surface area contributed by atoms with Crippen molar-refractivity contribution in [3.63, 3.8) is 0 Å². The third-order valence-electron chi connectivity index (χ3n) is 4.23. The van der Waals surface area contributed by atoms with E-state index in [2.05, 4.69) is 5.32 Å². The number of benzene rings is 2. The Balaban J connectivity index is 1.97. The van der Waals surface area contributed by atoms with E-state index in [1.165, 1.54) is 16.4 Å². The molecule has 0 radical (unpaired) electrons. The fourth-order valence-corrected chi connectivity index (χ4v) is 4.84. The molecule has 7 heteroatoms. The molecule has 0 saturated carbocycles. The highest BCUT2D eigenvalue weighted by Crippen LogP contribution is 2.36. The zero-order valence-electron chi connectivity index (χ0n) is 14.0. The van der Waals surface area contributed by atoms with Gasteiger partial charge in [0.15, 0.2) is 0 Å². The quantitative estimate of drug-likeness (QED) is 0.846. The largest absolute Gasteiger partial charge is 0.351 e. The Bertz CT molecular complexity index is 896. The second-order valence-electron chi connectivity index (χ2n) is 6.06. The summed E-state index contributed by atoms with van der Waals surface area (Å²) in [5.41, 5.74) is 7.39. The van der Waals surface area contributed by atoms with Crippen molar-refractivity contribution in [1.82, 2.24) is 5.32 Å². The van der Waals surface area contributed by atoms with Gasteiger partial charge in [0.05, 0.1) is 10.6 Å². The van der Waals surface area contributed by atoms with Crippen LogP contribution in [0, 0.1) is 0 Å². The summed E-state index contributed by atoms with van der Waals surface area (Å²) < 4.78 is 27.8. The van der Waals surface area contributed by atoms with Gasteiger partial charge >= 0.3 is 0 Å². The topological polar surface area (TPSA) is 92.5 Å². The summed E-state index contributed by atoms with van der Waals surface area (Å²) >= 11 is 0. The number of carbonyl (C=O) groups is 1. The molecule has 3 N–H and O–H groups in total. The first-order valence-electron chi connectivity index (χ1n) is 8.16. The van der Waals surface area contributed by atoms with Gasteiger partial charge in [-0.25, -0.2) is 8.42 Å². The number of para-hydroxylation sites is 1. The average molecular weight is 359 g/mol. The highest BCUT2D eigenvalue weighted by molar-refractivity contribution is 7.92. The van der Waals surface area contributed by atoms with E-state index in [0.29, 0.717) is 30.8 Å². The Morgan fingerprint density at radius 3 is 2.76 bits per heavy atom. The minimum atomic E-state index is -3.75. The fraction of sp³-hybridized carbons (Fsp3) is 0.278. The average Bonchev–Trinajstić information content (AvgIpc) is 2.96. The number of nitrogens with zero attached hydrogens (tertiary/aromatic N) is 1. The van der Waals surface area contributed by atoms with E-state index in [-0.39, 0.29) is 16.8 Å². The molecule has 1 aliphatic rings. The second-order valence-corrected chi connectivity index (χ2v) is 7.87. The lowest BCUT2D eigenvalue weighted by atomic mass is 10.1. The number of hydrogen-bond acceptors (Lipinski definition) is 4. The number of fused-ring (bicyclic) bond motifs is 1. The molecule has 0 aliphatic carbocycles. The van der Waals surface area contributed by atoms with Crippen LogP contribution < -0.4 is 15.4 Å². The van der Waals surface area contributed by atoms with Gasteiger partial charge in [-0.1, -0.05) is 24.3 Å². The number of amides is 1. The Hall–Kier alpha value is -2.38. The summed E-state index contributed by atoms with van der Waals surface area (Å²) in [6.07, 6.45) is 0.673. The Labute approximate surface area is 147 Å². The van der Waals surface area contributed by atoms with Gasteiger partial charge in [-0.05, 0) is 43.2 Å². The number of anilines is 1. The van der Waals surface area contributed by atoms with Gasteiger partial charge in [0.25, 0.3) is 15.9 Å². The molecule has 6 nitrogen and oxygen atoms in total. The highest BCUT2D eigenvalue weighted by atomic mass is 32.2.